The predicted octanol–water partition coefficient (Wildman–Crippen LogP) is 9.38. The maximum Gasteiger partial charge on any atom is 0.333 e. The second-order valence-electron chi connectivity index (χ2n) is 15.6. The highest BCUT2D eigenvalue weighted by Gasteiger charge is 2.58. The summed E-state index contributed by atoms with van der Waals surface area (Å²) in [7, 11) is 0. The van der Waals surface area contributed by atoms with Gasteiger partial charge in [0.2, 0.25) is 0 Å². The van der Waals surface area contributed by atoms with E-state index in [9.17, 15) is 0 Å². The van der Waals surface area contributed by atoms with Crippen molar-refractivity contribution in [1.82, 2.24) is 0 Å². The third-order valence-electron chi connectivity index (χ3n) is 13.4. The molecule has 0 aromatic heterocycles. The Hall–Kier alpha value is -6.91. The molecule has 244 valence electrons. The fourth-order valence-electron chi connectivity index (χ4n) is 11.6. The molecule has 0 saturated heterocycles. The van der Waals surface area contributed by atoms with E-state index < -0.39 is 0 Å². The first-order chi connectivity index (χ1) is 26.9. The average Bonchev–Trinajstić information content (AvgIpc) is 3.24. The van der Waals surface area contributed by atoms with E-state index in [-0.39, 0.29) is 13.7 Å². The van der Waals surface area contributed by atoms with Gasteiger partial charge in [0.25, 0.3) is 0 Å². The van der Waals surface area contributed by atoms with Crippen molar-refractivity contribution in [2.45, 2.75) is 0 Å². The van der Waals surface area contributed by atoms with Gasteiger partial charge in [-0.1, -0.05) is 109 Å². The van der Waals surface area contributed by atoms with Gasteiger partial charge in [0.15, 0.2) is 0 Å². The minimum absolute atomic E-state index is 0.0512. The summed E-state index contributed by atoms with van der Waals surface area (Å²) < 4.78 is 0. The molecule has 54 heavy (non-hydrogen) atoms. The van der Waals surface area contributed by atoms with Gasteiger partial charge < -0.3 is 19.4 Å². The fourth-order valence-corrected chi connectivity index (χ4v) is 11.6. The van der Waals surface area contributed by atoms with Crippen molar-refractivity contribution in [1.29, 1.82) is 0 Å². The van der Waals surface area contributed by atoms with Crippen LogP contribution in [-0.4, -0.2) is 13.7 Å². The minimum Gasteiger partial charge on any atom is -0.377 e. The Morgan fingerprint density at radius 1 is 0.259 bits per heavy atom. The molecule has 0 bridgehead atoms. The molecule has 0 amide bonds. The van der Waals surface area contributed by atoms with Gasteiger partial charge in [-0.2, -0.15) is 0 Å². The van der Waals surface area contributed by atoms with E-state index in [1.165, 1.54) is 123 Å². The zero-order valence-corrected chi connectivity index (χ0v) is 29.0. The van der Waals surface area contributed by atoms with Gasteiger partial charge in [-0.3, -0.25) is 0 Å². The van der Waals surface area contributed by atoms with Gasteiger partial charge in [0, 0.05) is 56.4 Å². The lowest BCUT2D eigenvalue weighted by molar-refractivity contribution is 1.19. The van der Waals surface area contributed by atoms with E-state index in [2.05, 4.69) is 177 Å². The van der Waals surface area contributed by atoms with Crippen molar-refractivity contribution in [2.75, 3.05) is 19.4 Å². The number of para-hydroxylation sites is 4. The quantitative estimate of drug-likeness (QED) is 0.169. The topological polar surface area (TPSA) is 13.0 Å². The normalized spacial score (nSPS) is 15.2. The summed E-state index contributed by atoms with van der Waals surface area (Å²) in [5, 5.41) is 0. The number of hydrogen-bond acceptors (Lipinski definition) is 4. The van der Waals surface area contributed by atoms with E-state index >= 15 is 0 Å². The fraction of sp³-hybridized carbons (Fsp3) is 0. The van der Waals surface area contributed by atoms with Crippen molar-refractivity contribution in [3.05, 3.63) is 158 Å². The second kappa shape index (κ2) is 8.82. The summed E-state index contributed by atoms with van der Waals surface area (Å²) in [5.74, 6) is 0. The van der Waals surface area contributed by atoms with Crippen LogP contribution in [0.25, 0.3) is 44.5 Å². The van der Waals surface area contributed by atoms with Gasteiger partial charge in [0.1, 0.15) is 0 Å². The number of anilines is 10. The first-order valence-corrected chi connectivity index (χ1v) is 19.0. The molecule has 8 aromatic rings. The van der Waals surface area contributed by atoms with Crippen LogP contribution in [0, 0.1) is 0 Å². The molecule has 0 saturated carbocycles. The SMILES string of the molecule is c1ccc(N2c3cccc4c3B3c5c(cccc52)-c2ccc5c6c2N3c2c-4ccc3c2B6N2c4c-3cccc4N(c3ccccc3)c3cccc-5c32)cc1. The molecule has 8 aromatic carbocycles. The van der Waals surface area contributed by atoms with Crippen molar-refractivity contribution >= 4 is 92.4 Å². The predicted molar refractivity (Wildman–Crippen MR) is 225 cm³/mol. The highest BCUT2D eigenvalue weighted by Crippen LogP contribution is 2.63. The number of hydrogen-bond donors (Lipinski definition) is 0. The lowest BCUT2D eigenvalue weighted by Crippen LogP contribution is -2.72. The zero-order valence-electron chi connectivity index (χ0n) is 29.0. The van der Waals surface area contributed by atoms with Crippen LogP contribution in [0.4, 0.5) is 56.9 Å². The van der Waals surface area contributed by atoms with Gasteiger partial charge >= 0.3 is 13.7 Å². The van der Waals surface area contributed by atoms with E-state index in [0.717, 1.165) is 0 Å². The molecule has 4 nitrogen and oxygen atoms in total. The molecule has 6 heteroatoms. The Morgan fingerprint density at radius 2 is 0.611 bits per heavy atom. The molecule has 0 radical (unpaired) electrons. The van der Waals surface area contributed by atoms with Gasteiger partial charge in [-0.05, 0) is 92.6 Å². The molecule has 0 unspecified atom stereocenters. The molecular formula is C48H26B2N4. The minimum atomic E-state index is 0.0512. The molecule has 0 atom stereocenters. The van der Waals surface area contributed by atoms with Gasteiger partial charge in [-0.25, -0.2) is 0 Å². The third-order valence-corrected chi connectivity index (χ3v) is 13.4. The highest BCUT2D eigenvalue weighted by molar-refractivity contribution is 7.01. The van der Waals surface area contributed by atoms with Crippen LogP contribution in [-0.2, 0) is 0 Å². The monoisotopic (exact) mass is 680 g/mol. The van der Waals surface area contributed by atoms with E-state index in [4.69, 9.17) is 0 Å². The molecule has 7 aliphatic heterocycles. The number of rotatable bonds is 2. The molecule has 0 spiro atoms. The van der Waals surface area contributed by atoms with Crippen molar-refractivity contribution in [2.24, 2.45) is 0 Å². The van der Waals surface area contributed by atoms with Crippen molar-refractivity contribution in [3.63, 3.8) is 0 Å². The molecule has 15 rings (SSSR count). The van der Waals surface area contributed by atoms with Crippen LogP contribution in [0.2, 0.25) is 0 Å². The summed E-state index contributed by atoms with van der Waals surface area (Å²) in [6.45, 7) is 0.118. The van der Waals surface area contributed by atoms with Crippen LogP contribution >= 0.6 is 0 Å². The Bertz CT molecular complexity index is 2730. The molecule has 7 heterocycles. The first kappa shape index (κ1) is 26.8. The number of nitrogens with zero attached hydrogens (tertiary/aromatic N) is 4. The average molecular weight is 680 g/mol. The molecule has 0 fully saturated rings. The van der Waals surface area contributed by atoms with Crippen LogP contribution in [0.15, 0.2) is 158 Å². The molecule has 0 aliphatic carbocycles. The van der Waals surface area contributed by atoms with E-state index in [0.29, 0.717) is 0 Å². The summed E-state index contributed by atoms with van der Waals surface area (Å²) in [6.07, 6.45) is 0. The van der Waals surface area contributed by atoms with Crippen LogP contribution in [0.5, 0.6) is 0 Å². The lowest BCUT2D eigenvalue weighted by atomic mass is 9.34. The second-order valence-corrected chi connectivity index (χ2v) is 15.6. The zero-order chi connectivity index (χ0) is 34.6. The maximum atomic E-state index is 2.79. The molecular weight excluding hydrogens is 654 g/mol. The number of fused-ring (bicyclic) bond motifs is 4. The maximum absolute atomic E-state index is 2.79. The summed E-state index contributed by atoms with van der Waals surface area (Å²) in [6, 6.07) is 59.5. The summed E-state index contributed by atoms with van der Waals surface area (Å²) in [5.41, 5.74) is 29.2. The van der Waals surface area contributed by atoms with Crippen LogP contribution in [0.1, 0.15) is 0 Å². The third kappa shape index (κ3) is 2.73. The van der Waals surface area contributed by atoms with Gasteiger partial charge in [0.05, 0.1) is 22.7 Å². The highest BCUT2D eigenvalue weighted by atomic mass is 15.3. The molecule has 0 N–H and O–H groups in total. The van der Waals surface area contributed by atoms with Crippen LogP contribution < -0.4 is 41.3 Å². The van der Waals surface area contributed by atoms with Crippen molar-refractivity contribution < 1.29 is 0 Å². The summed E-state index contributed by atoms with van der Waals surface area (Å²) in [4.78, 5) is 10.5. The molecule has 7 aliphatic rings. The Labute approximate surface area is 313 Å². The van der Waals surface area contributed by atoms with E-state index in [1.54, 1.807) is 0 Å². The Morgan fingerprint density at radius 3 is 1.11 bits per heavy atom. The smallest absolute Gasteiger partial charge is 0.333 e. The number of benzene rings is 8. The van der Waals surface area contributed by atoms with Crippen molar-refractivity contribution in [3.8, 4) is 44.5 Å². The first-order valence-electron chi connectivity index (χ1n) is 19.0. The van der Waals surface area contributed by atoms with Gasteiger partial charge in [-0.15, -0.1) is 0 Å². The van der Waals surface area contributed by atoms with Crippen LogP contribution in [0.3, 0.4) is 0 Å². The Balaban J connectivity index is 1.14. The Kier molecular flexibility index (Phi) is 4.38. The lowest BCUT2D eigenvalue weighted by Gasteiger charge is -2.57. The van der Waals surface area contributed by atoms with E-state index in [1.807, 2.05) is 0 Å². The largest absolute Gasteiger partial charge is 0.377 e. The summed E-state index contributed by atoms with van der Waals surface area (Å²) >= 11 is 0. The standard InChI is InChI=1S/C48H26B2N4/c1-3-11-27(12-4-1)51-37-19-7-15-29-35-25-23-31-33-17-9-21-39-45(33)53-46-34(18-10-22-40(46)52(39)28-13-5-2-6-14-28)32-24-26-36-30-16-8-20-38(51)42(30)49(41(29)37)54-47(35)43(31)50(53)44(32)48(36)54/h1-26H.